The van der Waals surface area contributed by atoms with Crippen LogP contribution >= 0.6 is 24.8 Å². The predicted molar refractivity (Wildman–Crippen MR) is 85.8 cm³/mol. The fourth-order valence-corrected chi connectivity index (χ4v) is 2.50. The molecular formula is C14H17Cl2F7N2O. The maximum Gasteiger partial charge on any atom is 0.461 e. The van der Waals surface area contributed by atoms with Crippen LogP contribution in [0.1, 0.15) is 11.6 Å². The van der Waals surface area contributed by atoms with E-state index in [1.165, 1.54) is 0 Å². The molecular weight excluding hydrogens is 416 g/mol. The van der Waals surface area contributed by atoms with E-state index in [1.54, 1.807) is 0 Å². The van der Waals surface area contributed by atoms with Gasteiger partial charge in [0.1, 0.15) is 11.8 Å². The van der Waals surface area contributed by atoms with Crippen LogP contribution in [0.25, 0.3) is 0 Å². The number of piperazine rings is 1. The molecule has 152 valence electrons. The average Bonchev–Trinajstić information content (AvgIpc) is 2.47. The van der Waals surface area contributed by atoms with Crippen LogP contribution in [0.4, 0.5) is 30.7 Å². The highest BCUT2D eigenvalue weighted by molar-refractivity contribution is 5.85. The molecule has 3 nitrogen and oxygen atoms in total. The Balaban J connectivity index is 0.00000312. The first-order valence-corrected chi connectivity index (χ1v) is 7.07. The zero-order valence-electron chi connectivity index (χ0n) is 13.1. The summed E-state index contributed by atoms with van der Waals surface area (Å²) in [5, 5.41) is 2.91. The van der Waals surface area contributed by atoms with Crippen molar-refractivity contribution < 1.29 is 35.5 Å². The lowest BCUT2D eigenvalue weighted by Crippen LogP contribution is -2.49. The molecule has 1 atom stereocenters. The molecule has 0 amide bonds. The summed E-state index contributed by atoms with van der Waals surface area (Å²) in [6.45, 7) is 0.934. The zero-order chi connectivity index (χ0) is 18.0. The van der Waals surface area contributed by atoms with E-state index in [2.05, 4.69) is 10.1 Å². The summed E-state index contributed by atoms with van der Waals surface area (Å²) in [4.78, 5) is 1.15. The second-order valence-corrected chi connectivity index (χ2v) is 5.27. The topological polar surface area (TPSA) is 24.5 Å². The number of alkyl halides is 7. The molecule has 1 fully saturated rings. The van der Waals surface area contributed by atoms with E-state index in [9.17, 15) is 30.7 Å². The summed E-state index contributed by atoms with van der Waals surface area (Å²) in [7, 11) is 0. The lowest BCUT2D eigenvalue weighted by atomic mass is 10.0. The standard InChI is InChI=1S/C14H15F7N2O.2ClH/c15-12(16)14(20,21)24-10-3-1-2-9(8-10)11(13(17,18)19)23-6-4-22-5-7-23;;/h1-3,8,11-12,22H,4-7H2;2*1H/t11-;;/m0../s1. The van der Waals surface area contributed by atoms with Crippen molar-refractivity contribution in [1.29, 1.82) is 0 Å². The van der Waals surface area contributed by atoms with Crippen molar-refractivity contribution >= 4 is 24.8 Å². The Morgan fingerprint density at radius 1 is 1.00 bits per heavy atom. The van der Waals surface area contributed by atoms with Gasteiger partial charge in [0.15, 0.2) is 0 Å². The number of hydrogen-bond acceptors (Lipinski definition) is 3. The number of nitrogens with one attached hydrogen (secondary N) is 1. The Hall–Kier alpha value is -0.970. The van der Waals surface area contributed by atoms with Crippen molar-refractivity contribution in [2.24, 2.45) is 0 Å². The lowest BCUT2D eigenvalue weighted by molar-refractivity contribution is -0.253. The summed E-state index contributed by atoms with van der Waals surface area (Å²) in [5.74, 6) is -0.748. The molecule has 1 aromatic carbocycles. The smallest absolute Gasteiger partial charge is 0.428 e. The highest BCUT2D eigenvalue weighted by atomic mass is 35.5. The molecule has 1 saturated heterocycles. The first-order chi connectivity index (χ1) is 11.1. The predicted octanol–water partition coefficient (Wildman–Crippen LogP) is 4.28. The molecule has 0 bridgehead atoms. The minimum absolute atomic E-state index is 0. The van der Waals surface area contributed by atoms with Crippen molar-refractivity contribution in [2.45, 2.75) is 24.8 Å². The SMILES string of the molecule is Cl.Cl.FC(F)C(F)(F)Oc1cccc([C@H](N2CCNCC2)C(F)(F)F)c1. The van der Waals surface area contributed by atoms with Crippen LogP contribution in [0, 0.1) is 0 Å². The Morgan fingerprint density at radius 3 is 2.08 bits per heavy atom. The molecule has 0 aromatic heterocycles. The van der Waals surface area contributed by atoms with Gasteiger partial charge in [-0.1, -0.05) is 12.1 Å². The monoisotopic (exact) mass is 432 g/mol. The first-order valence-electron chi connectivity index (χ1n) is 7.07. The van der Waals surface area contributed by atoms with Gasteiger partial charge in [-0.2, -0.15) is 30.7 Å². The largest absolute Gasteiger partial charge is 0.461 e. The molecule has 1 N–H and O–H groups in total. The Labute approximate surface area is 157 Å². The zero-order valence-corrected chi connectivity index (χ0v) is 14.7. The van der Waals surface area contributed by atoms with Crippen LogP contribution in [0.5, 0.6) is 5.75 Å². The van der Waals surface area contributed by atoms with E-state index in [1.807, 2.05) is 0 Å². The van der Waals surface area contributed by atoms with Gasteiger partial charge in [0.25, 0.3) is 0 Å². The van der Waals surface area contributed by atoms with Gasteiger partial charge >= 0.3 is 18.7 Å². The minimum atomic E-state index is -4.78. The summed E-state index contributed by atoms with van der Waals surface area (Å²) in [6.07, 6.45) is -13.5. The maximum atomic E-state index is 13.4. The van der Waals surface area contributed by atoms with E-state index in [0.29, 0.717) is 13.1 Å². The molecule has 1 heterocycles. The molecule has 1 aromatic rings. The Morgan fingerprint density at radius 2 is 1.58 bits per heavy atom. The summed E-state index contributed by atoms with van der Waals surface area (Å²) in [6, 6.07) is 1.77. The molecule has 1 aliphatic rings. The fraction of sp³-hybridized carbons (Fsp3) is 0.571. The molecule has 2 rings (SSSR count). The van der Waals surface area contributed by atoms with E-state index in [4.69, 9.17) is 0 Å². The third-order valence-electron chi connectivity index (χ3n) is 3.51. The summed E-state index contributed by atoms with van der Waals surface area (Å²) < 4.78 is 94.3. The van der Waals surface area contributed by atoms with Gasteiger partial charge in [-0.25, -0.2) is 0 Å². The van der Waals surface area contributed by atoms with Crippen LogP contribution in [0.3, 0.4) is 0 Å². The number of ether oxygens (including phenoxy) is 1. The number of benzene rings is 1. The van der Waals surface area contributed by atoms with Crippen molar-refractivity contribution in [2.75, 3.05) is 26.2 Å². The van der Waals surface area contributed by atoms with Crippen LogP contribution in [-0.4, -0.2) is 49.8 Å². The molecule has 12 heteroatoms. The van der Waals surface area contributed by atoms with Crippen molar-refractivity contribution in [3.05, 3.63) is 29.8 Å². The van der Waals surface area contributed by atoms with Crippen LogP contribution in [0.2, 0.25) is 0 Å². The van der Waals surface area contributed by atoms with E-state index >= 15 is 0 Å². The summed E-state index contributed by atoms with van der Waals surface area (Å²) in [5.41, 5.74) is -0.341. The van der Waals surface area contributed by atoms with Crippen molar-refractivity contribution in [3.63, 3.8) is 0 Å². The van der Waals surface area contributed by atoms with Gasteiger partial charge < -0.3 is 10.1 Å². The Bertz CT molecular complexity index is 554. The van der Waals surface area contributed by atoms with Crippen LogP contribution in [0.15, 0.2) is 24.3 Å². The first kappa shape index (κ1) is 25.0. The van der Waals surface area contributed by atoms with Gasteiger partial charge in [0, 0.05) is 26.2 Å². The van der Waals surface area contributed by atoms with E-state index in [-0.39, 0.29) is 43.5 Å². The second-order valence-electron chi connectivity index (χ2n) is 5.27. The van der Waals surface area contributed by atoms with Crippen molar-refractivity contribution in [3.8, 4) is 5.75 Å². The molecule has 0 aliphatic carbocycles. The second kappa shape index (κ2) is 9.82. The molecule has 0 spiro atoms. The number of nitrogens with zero attached hydrogens (tertiary/aromatic N) is 1. The third-order valence-corrected chi connectivity index (χ3v) is 3.51. The highest BCUT2D eigenvalue weighted by Crippen LogP contribution is 2.39. The highest BCUT2D eigenvalue weighted by Gasteiger charge is 2.46. The summed E-state index contributed by atoms with van der Waals surface area (Å²) >= 11 is 0. The average molecular weight is 433 g/mol. The maximum absolute atomic E-state index is 13.4. The fourth-order valence-electron chi connectivity index (χ4n) is 2.50. The number of hydrogen-bond donors (Lipinski definition) is 1. The lowest BCUT2D eigenvalue weighted by Gasteiger charge is -2.36. The van der Waals surface area contributed by atoms with Crippen LogP contribution < -0.4 is 10.1 Å². The van der Waals surface area contributed by atoms with Gasteiger partial charge in [-0.15, -0.1) is 24.8 Å². The van der Waals surface area contributed by atoms with Gasteiger partial charge in [-0.05, 0) is 17.7 Å². The van der Waals surface area contributed by atoms with Crippen molar-refractivity contribution in [1.82, 2.24) is 10.2 Å². The van der Waals surface area contributed by atoms with Gasteiger partial charge in [0.2, 0.25) is 0 Å². The Kier molecular flexibility index (Phi) is 9.45. The van der Waals surface area contributed by atoms with E-state index < -0.39 is 30.5 Å². The molecule has 0 saturated carbocycles. The molecule has 0 unspecified atom stereocenters. The minimum Gasteiger partial charge on any atom is -0.428 e. The molecule has 26 heavy (non-hydrogen) atoms. The number of halogens is 9. The number of rotatable bonds is 5. The molecule has 1 aliphatic heterocycles. The van der Waals surface area contributed by atoms with Crippen LogP contribution in [-0.2, 0) is 0 Å². The third kappa shape index (κ3) is 6.33. The van der Waals surface area contributed by atoms with E-state index in [0.717, 1.165) is 29.2 Å². The van der Waals surface area contributed by atoms with Gasteiger partial charge in [-0.3, -0.25) is 4.90 Å². The quantitative estimate of drug-likeness (QED) is 0.703. The molecule has 0 radical (unpaired) electrons. The normalized spacial score (nSPS) is 17.2. The van der Waals surface area contributed by atoms with Gasteiger partial charge in [0.05, 0.1) is 0 Å².